The number of rotatable bonds is 2. The van der Waals surface area contributed by atoms with E-state index in [1.54, 1.807) is 13.0 Å². The van der Waals surface area contributed by atoms with Crippen LogP contribution in [0.1, 0.15) is 38.4 Å². The van der Waals surface area contributed by atoms with Crippen LogP contribution in [0.5, 0.6) is 0 Å². The number of methoxy groups -OCH3 is 1. The summed E-state index contributed by atoms with van der Waals surface area (Å²) in [5.41, 5.74) is -5.50. The highest BCUT2D eigenvalue weighted by molar-refractivity contribution is 5.90. The Kier molecular flexibility index (Phi) is 4.66. The molecule has 8 atom stereocenters. The first-order chi connectivity index (χ1) is 14.0. The highest BCUT2D eigenvalue weighted by Crippen LogP contribution is 2.65. The predicted octanol–water partition coefficient (Wildman–Crippen LogP) is 0.227. The third kappa shape index (κ3) is 2.43. The van der Waals surface area contributed by atoms with Crippen molar-refractivity contribution in [1.82, 2.24) is 0 Å². The number of fused-ring (bicyclic) bond motifs is 3. The lowest BCUT2D eigenvalue weighted by atomic mass is 9.43. The van der Waals surface area contributed by atoms with E-state index in [1.807, 2.05) is 0 Å². The van der Waals surface area contributed by atoms with E-state index in [4.69, 9.17) is 13.9 Å². The molecule has 1 aliphatic heterocycles. The Labute approximate surface area is 172 Å². The molecule has 1 aromatic rings. The minimum Gasteiger partial charge on any atom is -0.472 e. The highest BCUT2D eigenvalue weighted by atomic mass is 16.6. The number of aliphatic hydroxyl groups is 4. The van der Waals surface area contributed by atoms with Gasteiger partial charge in [0.05, 0.1) is 19.6 Å². The molecule has 0 amide bonds. The Morgan fingerprint density at radius 2 is 1.97 bits per heavy atom. The Bertz CT molecular complexity index is 892. The second-order valence-corrected chi connectivity index (χ2v) is 8.88. The molecule has 2 heterocycles. The van der Waals surface area contributed by atoms with Gasteiger partial charge in [-0.25, -0.2) is 9.59 Å². The number of carbonyl (C=O) groups excluding carboxylic acids is 2. The number of aliphatic hydroxyl groups excluding tert-OH is 2. The maximum absolute atomic E-state index is 13.0. The largest absolute Gasteiger partial charge is 0.472 e. The third-order valence-corrected chi connectivity index (χ3v) is 7.43. The molecule has 1 saturated carbocycles. The standard InChI is InChI=1S/C21H26O9/c1-10-7-20(26)18(25)30-14(11-4-5-29-9-11)8-19(20,2)21(27)15(10)12(17(24)28-3)6-13(22)16(21)23/h4-6,9-10,13-16,22-23,26-27H,7-8H2,1-3H3/t10?,13-,14?,15?,16+,19-,20-,21-/m0/s1. The van der Waals surface area contributed by atoms with Crippen molar-refractivity contribution in [3.8, 4) is 0 Å². The van der Waals surface area contributed by atoms with E-state index in [0.717, 1.165) is 0 Å². The van der Waals surface area contributed by atoms with E-state index in [0.29, 0.717) is 5.56 Å². The van der Waals surface area contributed by atoms with Gasteiger partial charge in [0.1, 0.15) is 23.9 Å². The van der Waals surface area contributed by atoms with Gasteiger partial charge in [0.2, 0.25) is 0 Å². The van der Waals surface area contributed by atoms with Gasteiger partial charge in [-0.3, -0.25) is 0 Å². The Balaban J connectivity index is 1.91. The molecule has 1 saturated heterocycles. The van der Waals surface area contributed by atoms with Crippen LogP contribution in [0.2, 0.25) is 0 Å². The molecule has 9 nitrogen and oxygen atoms in total. The zero-order valence-corrected chi connectivity index (χ0v) is 16.9. The summed E-state index contributed by atoms with van der Waals surface area (Å²) in [4.78, 5) is 25.5. The summed E-state index contributed by atoms with van der Waals surface area (Å²) in [6, 6.07) is 1.60. The number of hydrogen-bond acceptors (Lipinski definition) is 9. The molecular formula is C21H26O9. The molecule has 30 heavy (non-hydrogen) atoms. The second kappa shape index (κ2) is 6.65. The molecule has 0 spiro atoms. The number of ether oxygens (including phenoxy) is 2. The quantitative estimate of drug-likeness (QED) is 0.492. The van der Waals surface area contributed by atoms with E-state index in [2.05, 4.69) is 0 Å². The lowest BCUT2D eigenvalue weighted by Crippen LogP contribution is -2.79. The fourth-order valence-corrected chi connectivity index (χ4v) is 5.85. The Morgan fingerprint density at radius 3 is 2.57 bits per heavy atom. The van der Waals surface area contributed by atoms with Crippen molar-refractivity contribution in [3.05, 3.63) is 35.8 Å². The molecule has 164 valence electrons. The van der Waals surface area contributed by atoms with Crippen molar-refractivity contribution in [2.45, 2.75) is 56.2 Å². The van der Waals surface area contributed by atoms with Crippen LogP contribution in [0, 0.1) is 17.3 Å². The van der Waals surface area contributed by atoms with Crippen LogP contribution in [0.3, 0.4) is 0 Å². The van der Waals surface area contributed by atoms with Crippen LogP contribution in [0.4, 0.5) is 0 Å². The van der Waals surface area contributed by atoms with Crippen molar-refractivity contribution < 1.29 is 43.9 Å². The van der Waals surface area contributed by atoms with E-state index in [-0.39, 0.29) is 18.4 Å². The second-order valence-electron chi connectivity index (χ2n) is 8.88. The van der Waals surface area contributed by atoms with Gasteiger partial charge < -0.3 is 34.3 Å². The van der Waals surface area contributed by atoms with E-state index >= 15 is 0 Å². The fourth-order valence-electron chi connectivity index (χ4n) is 5.85. The van der Waals surface area contributed by atoms with Gasteiger partial charge in [-0.15, -0.1) is 0 Å². The summed E-state index contributed by atoms with van der Waals surface area (Å²) in [5.74, 6) is -3.28. The molecule has 0 radical (unpaired) electrons. The fraction of sp³-hybridized carbons (Fsp3) is 0.619. The maximum atomic E-state index is 13.0. The number of carbonyl (C=O) groups is 2. The number of esters is 2. The van der Waals surface area contributed by atoms with Gasteiger partial charge in [-0.05, 0) is 24.5 Å². The SMILES string of the molecule is COC(=O)C1=C[C@H](O)[C@@H](O)[C@@]2(O)C1C(C)C[C@]1(O)C(=O)OC(c3ccoc3)C[C@@]12C. The first-order valence-corrected chi connectivity index (χ1v) is 9.85. The van der Waals surface area contributed by atoms with Crippen LogP contribution in [0.15, 0.2) is 34.7 Å². The Morgan fingerprint density at radius 1 is 1.27 bits per heavy atom. The summed E-state index contributed by atoms with van der Waals surface area (Å²) in [7, 11) is 1.18. The van der Waals surface area contributed by atoms with Crippen molar-refractivity contribution in [3.63, 3.8) is 0 Å². The number of furan rings is 1. The van der Waals surface area contributed by atoms with E-state index < -0.39 is 58.7 Å². The Hall–Kier alpha value is -2.20. The van der Waals surface area contributed by atoms with Gasteiger partial charge in [0, 0.05) is 28.9 Å². The van der Waals surface area contributed by atoms with E-state index in [1.165, 1.54) is 32.6 Å². The van der Waals surface area contributed by atoms with Crippen LogP contribution >= 0.6 is 0 Å². The average molecular weight is 422 g/mol. The zero-order valence-electron chi connectivity index (χ0n) is 16.9. The number of hydrogen-bond donors (Lipinski definition) is 4. The molecule has 1 aromatic heterocycles. The van der Waals surface area contributed by atoms with Crippen molar-refractivity contribution in [2.75, 3.05) is 7.11 Å². The molecular weight excluding hydrogens is 396 g/mol. The highest BCUT2D eigenvalue weighted by Gasteiger charge is 2.76. The van der Waals surface area contributed by atoms with Crippen molar-refractivity contribution in [1.29, 1.82) is 0 Å². The van der Waals surface area contributed by atoms with Crippen LogP contribution in [0.25, 0.3) is 0 Å². The monoisotopic (exact) mass is 422 g/mol. The first-order valence-electron chi connectivity index (χ1n) is 9.85. The molecule has 3 aliphatic rings. The topological polar surface area (TPSA) is 147 Å². The number of cyclic esters (lactones) is 1. The first kappa shape index (κ1) is 21.0. The summed E-state index contributed by atoms with van der Waals surface area (Å²) in [5, 5.41) is 45.0. The summed E-state index contributed by atoms with van der Waals surface area (Å²) in [6.45, 7) is 3.14. The van der Waals surface area contributed by atoms with Crippen LogP contribution in [-0.4, -0.2) is 62.9 Å². The normalized spacial score (nSPS) is 45.6. The molecule has 3 unspecified atom stereocenters. The summed E-state index contributed by atoms with van der Waals surface area (Å²) in [6.07, 6.45) is -0.403. The van der Waals surface area contributed by atoms with Crippen LogP contribution < -0.4 is 0 Å². The van der Waals surface area contributed by atoms with Crippen molar-refractivity contribution >= 4 is 11.9 Å². The lowest BCUT2D eigenvalue weighted by Gasteiger charge is -2.66. The molecule has 2 aliphatic carbocycles. The molecule has 2 fully saturated rings. The zero-order chi connectivity index (χ0) is 22.1. The lowest BCUT2D eigenvalue weighted by molar-refractivity contribution is -0.314. The molecule has 0 bridgehead atoms. The van der Waals surface area contributed by atoms with Gasteiger partial charge in [-0.1, -0.05) is 13.8 Å². The summed E-state index contributed by atoms with van der Waals surface area (Å²) >= 11 is 0. The molecule has 0 aromatic carbocycles. The third-order valence-electron chi connectivity index (χ3n) is 7.43. The average Bonchev–Trinajstić information content (AvgIpc) is 3.23. The van der Waals surface area contributed by atoms with Gasteiger partial charge >= 0.3 is 11.9 Å². The smallest absolute Gasteiger partial charge is 0.339 e. The molecule has 9 heteroatoms. The van der Waals surface area contributed by atoms with Crippen LogP contribution in [-0.2, 0) is 19.1 Å². The van der Waals surface area contributed by atoms with Gasteiger partial charge in [0.25, 0.3) is 0 Å². The predicted molar refractivity (Wildman–Crippen MR) is 99.5 cm³/mol. The van der Waals surface area contributed by atoms with E-state index in [9.17, 15) is 30.0 Å². The van der Waals surface area contributed by atoms with Gasteiger partial charge in [-0.2, -0.15) is 0 Å². The molecule has 4 N–H and O–H groups in total. The molecule has 4 rings (SSSR count). The maximum Gasteiger partial charge on any atom is 0.339 e. The van der Waals surface area contributed by atoms with Gasteiger partial charge in [0.15, 0.2) is 5.60 Å². The summed E-state index contributed by atoms with van der Waals surface area (Å²) < 4.78 is 15.4. The minimum atomic E-state index is -2.22. The van der Waals surface area contributed by atoms with Crippen molar-refractivity contribution in [2.24, 2.45) is 17.3 Å². The minimum absolute atomic E-state index is 0.00683.